The van der Waals surface area contributed by atoms with E-state index in [-0.39, 0.29) is 23.4 Å². The third-order valence-corrected chi connectivity index (χ3v) is 2.28. The van der Waals surface area contributed by atoms with Crippen LogP contribution in [0.1, 0.15) is 53.9 Å². The molecule has 5 heteroatoms. The molecule has 0 unspecified atom stereocenters. The molecule has 0 saturated heterocycles. The molecule has 0 heterocycles. The molecule has 0 fully saturated rings. The van der Waals surface area contributed by atoms with Crippen LogP contribution in [-0.2, 0) is 4.79 Å². The van der Waals surface area contributed by atoms with E-state index in [1.165, 1.54) is 0 Å². The van der Waals surface area contributed by atoms with E-state index in [0.29, 0.717) is 13.0 Å². The van der Waals surface area contributed by atoms with E-state index in [1.807, 2.05) is 13.8 Å². The van der Waals surface area contributed by atoms with E-state index in [1.54, 1.807) is 0 Å². The summed E-state index contributed by atoms with van der Waals surface area (Å²) in [5, 5.41) is 14.0. The Balaban J connectivity index is 3.96. The zero-order chi connectivity index (χ0) is 14.4. The Morgan fingerprint density at radius 1 is 1.11 bits per heavy atom. The molecule has 3 N–H and O–H groups in total. The fraction of sp³-hybridized carbons (Fsp3) is 0.846. The number of urea groups is 1. The number of aliphatic carboxylic acids is 1. The summed E-state index contributed by atoms with van der Waals surface area (Å²) >= 11 is 0. The third kappa shape index (κ3) is 9.93. The second kappa shape index (κ2) is 6.61. The molecule has 0 aromatic carbocycles. The minimum absolute atomic E-state index is 0.0751. The maximum absolute atomic E-state index is 11.6. The van der Waals surface area contributed by atoms with Crippen molar-refractivity contribution >= 4 is 12.0 Å². The molecular weight excluding hydrogens is 232 g/mol. The Labute approximate surface area is 109 Å². The SMILES string of the molecule is CC(C)(C)CC(C)(C)NC(=O)NCCCC(=O)O. The zero-order valence-corrected chi connectivity index (χ0v) is 12.1. The Kier molecular flexibility index (Phi) is 6.15. The fourth-order valence-electron chi connectivity index (χ4n) is 2.16. The van der Waals surface area contributed by atoms with Crippen LogP contribution < -0.4 is 10.6 Å². The van der Waals surface area contributed by atoms with Crippen molar-refractivity contribution in [2.75, 3.05) is 6.54 Å². The molecule has 106 valence electrons. The maximum Gasteiger partial charge on any atom is 0.315 e. The van der Waals surface area contributed by atoms with Crippen LogP contribution in [0.3, 0.4) is 0 Å². The van der Waals surface area contributed by atoms with Crippen molar-refractivity contribution in [1.29, 1.82) is 0 Å². The summed E-state index contributed by atoms with van der Waals surface area (Å²) in [6.45, 7) is 10.7. The third-order valence-electron chi connectivity index (χ3n) is 2.28. The van der Waals surface area contributed by atoms with E-state index >= 15 is 0 Å². The van der Waals surface area contributed by atoms with Crippen LogP contribution in [0.25, 0.3) is 0 Å². The van der Waals surface area contributed by atoms with E-state index in [2.05, 4.69) is 31.4 Å². The summed E-state index contributed by atoms with van der Waals surface area (Å²) in [5.74, 6) is -0.842. The van der Waals surface area contributed by atoms with Crippen LogP contribution in [0.2, 0.25) is 0 Å². The number of amides is 2. The molecule has 0 radical (unpaired) electrons. The molecule has 5 nitrogen and oxygen atoms in total. The van der Waals surface area contributed by atoms with Crippen molar-refractivity contribution in [2.24, 2.45) is 5.41 Å². The van der Waals surface area contributed by atoms with Crippen molar-refractivity contribution in [3.05, 3.63) is 0 Å². The average molecular weight is 258 g/mol. The van der Waals surface area contributed by atoms with Crippen molar-refractivity contribution in [3.8, 4) is 0 Å². The standard InChI is InChI=1S/C13H26N2O3/c1-12(2,3)9-13(4,5)15-11(18)14-8-6-7-10(16)17/h6-9H2,1-5H3,(H,16,17)(H2,14,15,18). The predicted octanol–water partition coefficient (Wildman–Crippen LogP) is 2.37. The lowest BCUT2D eigenvalue weighted by molar-refractivity contribution is -0.137. The van der Waals surface area contributed by atoms with E-state index < -0.39 is 5.97 Å². The first kappa shape index (κ1) is 16.7. The number of carbonyl (C=O) groups is 2. The van der Waals surface area contributed by atoms with Crippen molar-refractivity contribution in [2.45, 2.75) is 59.4 Å². The van der Waals surface area contributed by atoms with E-state index in [9.17, 15) is 9.59 Å². The van der Waals surface area contributed by atoms with Gasteiger partial charge in [-0.1, -0.05) is 20.8 Å². The molecular formula is C13H26N2O3. The topological polar surface area (TPSA) is 78.4 Å². The number of carboxylic acids is 1. The molecule has 0 spiro atoms. The Hall–Kier alpha value is -1.26. The van der Waals surface area contributed by atoms with Gasteiger partial charge in [0.2, 0.25) is 0 Å². The molecule has 0 saturated carbocycles. The van der Waals surface area contributed by atoms with Gasteiger partial charge in [0.05, 0.1) is 0 Å². The smallest absolute Gasteiger partial charge is 0.315 e. The highest BCUT2D eigenvalue weighted by molar-refractivity contribution is 5.74. The number of hydrogen-bond acceptors (Lipinski definition) is 2. The van der Waals surface area contributed by atoms with Crippen molar-refractivity contribution in [3.63, 3.8) is 0 Å². The zero-order valence-electron chi connectivity index (χ0n) is 12.1. The predicted molar refractivity (Wildman–Crippen MR) is 71.6 cm³/mol. The summed E-state index contributed by atoms with van der Waals surface area (Å²) < 4.78 is 0. The second-order valence-corrected chi connectivity index (χ2v) is 6.50. The first-order chi connectivity index (χ1) is 8.02. The summed E-state index contributed by atoms with van der Waals surface area (Å²) in [6, 6.07) is -0.241. The molecule has 0 aromatic rings. The average Bonchev–Trinajstić information content (AvgIpc) is 2.06. The summed E-state index contributed by atoms with van der Waals surface area (Å²) in [6.07, 6.45) is 1.39. The normalized spacial score (nSPS) is 12.1. The number of carboxylic acid groups (broad SMARTS) is 1. The van der Waals surface area contributed by atoms with Gasteiger partial charge in [0.1, 0.15) is 0 Å². The van der Waals surface area contributed by atoms with E-state index in [0.717, 1.165) is 6.42 Å². The Morgan fingerprint density at radius 2 is 1.67 bits per heavy atom. The number of rotatable bonds is 6. The Morgan fingerprint density at radius 3 is 2.11 bits per heavy atom. The fourth-order valence-corrected chi connectivity index (χ4v) is 2.16. The maximum atomic E-state index is 11.6. The monoisotopic (exact) mass is 258 g/mol. The van der Waals surface area contributed by atoms with Crippen molar-refractivity contribution in [1.82, 2.24) is 10.6 Å². The van der Waals surface area contributed by atoms with Crippen LogP contribution in [0.4, 0.5) is 4.79 Å². The minimum atomic E-state index is -0.842. The largest absolute Gasteiger partial charge is 0.481 e. The first-order valence-corrected chi connectivity index (χ1v) is 6.30. The Bertz CT molecular complexity index is 293. The highest BCUT2D eigenvalue weighted by atomic mass is 16.4. The molecule has 0 aromatic heterocycles. The molecule has 0 rings (SSSR count). The minimum Gasteiger partial charge on any atom is -0.481 e. The highest BCUT2D eigenvalue weighted by Gasteiger charge is 2.26. The van der Waals surface area contributed by atoms with Gasteiger partial charge < -0.3 is 15.7 Å². The highest BCUT2D eigenvalue weighted by Crippen LogP contribution is 2.26. The van der Waals surface area contributed by atoms with Gasteiger partial charge in [-0.3, -0.25) is 4.79 Å². The molecule has 0 aliphatic heterocycles. The lowest BCUT2D eigenvalue weighted by Crippen LogP contribution is -2.50. The number of carbonyl (C=O) groups excluding carboxylic acids is 1. The van der Waals surface area contributed by atoms with Crippen LogP contribution >= 0.6 is 0 Å². The van der Waals surface area contributed by atoms with Gasteiger partial charge in [0.25, 0.3) is 0 Å². The number of hydrogen-bond donors (Lipinski definition) is 3. The van der Waals surface area contributed by atoms with Crippen molar-refractivity contribution < 1.29 is 14.7 Å². The summed E-state index contributed by atoms with van der Waals surface area (Å²) in [7, 11) is 0. The van der Waals surface area contributed by atoms with Crippen LogP contribution in [-0.4, -0.2) is 29.2 Å². The molecule has 0 atom stereocenters. The van der Waals surface area contributed by atoms with Gasteiger partial charge in [-0.25, -0.2) is 4.79 Å². The summed E-state index contributed by atoms with van der Waals surface area (Å²) in [4.78, 5) is 21.9. The molecule has 0 bridgehead atoms. The first-order valence-electron chi connectivity index (χ1n) is 6.30. The number of nitrogens with one attached hydrogen (secondary N) is 2. The molecule has 18 heavy (non-hydrogen) atoms. The van der Waals surface area contributed by atoms with E-state index in [4.69, 9.17) is 5.11 Å². The van der Waals surface area contributed by atoms with Gasteiger partial charge in [0.15, 0.2) is 0 Å². The molecule has 0 aliphatic carbocycles. The lowest BCUT2D eigenvalue weighted by atomic mass is 9.82. The lowest BCUT2D eigenvalue weighted by Gasteiger charge is -2.33. The van der Waals surface area contributed by atoms with Gasteiger partial charge in [-0.05, 0) is 32.1 Å². The van der Waals surface area contributed by atoms with Crippen LogP contribution in [0, 0.1) is 5.41 Å². The van der Waals surface area contributed by atoms with Gasteiger partial charge in [-0.2, -0.15) is 0 Å². The second-order valence-electron chi connectivity index (χ2n) is 6.50. The van der Waals surface area contributed by atoms with Gasteiger partial charge in [0, 0.05) is 18.5 Å². The van der Waals surface area contributed by atoms with Crippen LogP contribution in [0.15, 0.2) is 0 Å². The molecule has 0 aliphatic rings. The van der Waals surface area contributed by atoms with Crippen LogP contribution in [0.5, 0.6) is 0 Å². The summed E-state index contributed by atoms with van der Waals surface area (Å²) in [5.41, 5.74) is -0.144. The van der Waals surface area contributed by atoms with Gasteiger partial charge in [-0.15, -0.1) is 0 Å². The quantitative estimate of drug-likeness (QED) is 0.640. The van der Waals surface area contributed by atoms with Gasteiger partial charge >= 0.3 is 12.0 Å². The molecule has 2 amide bonds.